The number of rotatable bonds is 5. The largest absolute Gasteiger partial charge is 0.343 e. The number of benzene rings is 1. The van der Waals surface area contributed by atoms with Gasteiger partial charge >= 0.3 is 6.03 Å². The van der Waals surface area contributed by atoms with Crippen molar-refractivity contribution in [2.45, 2.75) is 45.1 Å². The summed E-state index contributed by atoms with van der Waals surface area (Å²) in [6, 6.07) is 7.40. The van der Waals surface area contributed by atoms with Gasteiger partial charge in [0.25, 0.3) is 0 Å². The monoisotopic (exact) mass is 395 g/mol. The van der Waals surface area contributed by atoms with E-state index in [0.29, 0.717) is 19.0 Å². The Hall–Kier alpha value is -1.56. The van der Waals surface area contributed by atoms with E-state index in [9.17, 15) is 9.59 Å². The number of hydrogen-bond donors (Lipinski definition) is 2. The minimum atomic E-state index is -0.292. The fourth-order valence-electron chi connectivity index (χ4n) is 3.00. The van der Waals surface area contributed by atoms with E-state index < -0.39 is 0 Å². The lowest BCUT2D eigenvalue weighted by Gasteiger charge is -2.33. The Morgan fingerprint density at radius 1 is 1.17 bits per heavy atom. The molecule has 1 aliphatic carbocycles. The first-order chi connectivity index (χ1) is 11.5. The maximum atomic E-state index is 12.3. The first-order valence-corrected chi connectivity index (χ1v) is 9.31. The van der Waals surface area contributed by atoms with Gasteiger partial charge in [-0.15, -0.1) is 0 Å². The lowest BCUT2D eigenvalue weighted by molar-refractivity contribution is -0.132. The van der Waals surface area contributed by atoms with Crippen LogP contribution < -0.4 is 10.6 Å². The summed E-state index contributed by atoms with van der Waals surface area (Å²) in [4.78, 5) is 25.9. The van der Waals surface area contributed by atoms with Gasteiger partial charge in [-0.05, 0) is 55.9 Å². The number of amides is 3. The van der Waals surface area contributed by atoms with Gasteiger partial charge < -0.3 is 15.5 Å². The molecule has 24 heavy (non-hydrogen) atoms. The molecule has 1 fully saturated rings. The number of urea groups is 1. The zero-order valence-electron chi connectivity index (χ0n) is 14.3. The number of nitrogens with zero attached hydrogens (tertiary/aromatic N) is 1. The Labute approximate surface area is 152 Å². The molecule has 0 bridgehead atoms. The van der Waals surface area contributed by atoms with Gasteiger partial charge in [0.1, 0.15) is 0 Å². The van der Waals surface area contributed by atoms with Gasteiger partial charge in [-0.3, -0.25) is 4.79 Å². The van der Waals surface area contributed by atoms with Gasteiger partial charge in [-0.25, -0.2) is 4.79 Å². The molecule has 1 aliphatic rings. The van der Waals surface area contributed by atoms with Crippen molar-refractivity contribution in [1.82, 2.24) is 10.2 Å². The zero-order valence-corrected chi connectivity index (χ0v) is 15.9. The van der Waals surface area contributed by atoms with Crippen LogP contribution in [0.1, 0.15) is 39.0 Å². The maximum absolute atomic E-state index is 12.3. The molecule has 0 unspecified atom stereocenters. The third-order valence-corrected chi connectivity index (χ3v) is 5.18. The highest BCUT2D eigenvalue weighted by molar-refractivity contribution is 9.10. The Bertz CT molecular complexity index is 554. The molecule has 1 saturated carbocycles. The Balaban J connectivity index is 1.68. The molecule has 2 rings (SSSR count). The number of anilines is 1. The molecule has 0 aliphatic heterocycles. The van der Waals surface area contributed by atoms with Gasteiger partial charge in [0.15, 0.2) is 0 Å². The second-order valence-electron chi connectivity index (χ2n) is 6.56. The highest BCUT2D eigenvalue weighted by Gasteiger charge is 2.24. The Morgan fingerprint density at radius 3 is 2.42 bits per heavy atom. The molecule has 0 radical (unpaired) electrons. The summed E-state index contributed by atoms with van der Waals surface area (Å²) in [6.07, 6.45) is 4.88. The number of nitrogens with one attached hydrogen (secondary N) is 2. The van der Waals surface area contributed by atoms with Gasteiger partial charge in [0.2, 0.25) is 5.91 Å². The number of halogens is 1. The summed E-state index contributed by atoms with van der Waals surface area (Å²) in [7, 11) is 1.88. The third-order valence-electron chi connectivity index (χ3n) is 4.65. The molecule has 3 amide bonds. The maximum Gasteiger partial charge on any atom is 0.319 e. The first kappa shape index (κ1) is 18.8. The van der Waals surface area contributed by atoms with Crippen LogP contribution >= 0.6 is 15.9 Å². The predicted octanol–water partition coefficient (Wildman–Crippen LogP) is 4.00. The Morgan fingerprint density at radius 2 is 1.79 bits per heavy atom. The topological polar surface area (TPSA) is 61.4 Å². The minimum Gasteiger partial charge on any atom is -0.343 e. The van der Waals surface area contributed by atoms with Crippen molar-refractivity contribution >= 4 is 33.6 Å². The lowest BCUT2D eigenvalue weighted by Crippen LogP contribution is -2.41. The van der Waals surface area contributed by atoms with Gasteiger partial charge in [0, 0.05) is 36.2 Å². The smallest absolute Gasteiger partial charge is 0.319 e. The SMILES string of the molecule is CC1CCC(N(C)C(=O)CCNC(=O)Nc2ccc(Br)cc2)CC1. The first-order valence-electron chi connectivity index (χ1n) is 8.52. The lowest BCUT2D eigenvalue weighted by atomic mass is 9.86. The van der Waals surface area contributed by atoms with Crippen LogP contribution in [0.15, 0.2) is 28.7 Å². The van der Waals surface area contributed by atoms with Crippen LogP contribution in [0.25, 0.3) is 0 Å². The van der Waals surface area contributed by atoms with Crippen LogP contribution in [0.3, 0.4) is 0 Å². The van der Waals surface area contributed by atoms with E-state index in [1.807, 2.05) is 36.2 Å². The average Bonchev–Trinajstić information content (AvgIpc) is 2.57. The molecule has 0 aromatic heterocycles. The van der Waals surface area contributed by atoms with E-state index in [4.69, 9.17) is 0 Å². The second kappa shape index (κ2) is 9.06. The van der Waals surface area contributed by atoms with E-state index in [1.165, 1.54) is 12.8 Å². The fraction of sp³-hybridized carbons (Fsp3) is 0.556. The summed E-state index contributed by atoms with van der Waals surface area (Å²) in [6.45, 7) is 2.61. The van der Waals surface area contributed by atoms with Crippen LogP contribution in [0.5, 0.6) is 0 Å². The number of carbonyl (C=O) groups excluding carboxylic acids is 2. The molecular formula is C18H26BrN3O2. The molecule has 6 heteroatoms. The quantitative estimate of drug-likeness (QED) is 0.791. The van der Waals surface area contributed by atoms with E-state index in [2.05, 4.69) is 33.5 Å². The summed E-state index contributed by atoms with van der Waals surface area (Å²) in [5, 5.41) is 5.48. The predicted molar refractivity (Wildman–Crippen MR) is 100.0 cm³/mol. The van der Waals surface area contributed by atoms with E-state index in [1.54, 1.807) is 0 Å². The Kier molecular flexibility index (Phi) is 7.09. The molecule has 5 nitrogen and oxygen atoms in total. The van der Waals surface area contributed by atoms with Gasteiger partial charge in [0.05, 0.1) is 0 Å². The molecule has 0 heterocycles. The molecule has 2 N–H and O–H groups in total. The van der Waals surface area contributed by atoms with Crippen molar-refractivity contribution in [3.63, 3.8) is 0 Å². The van der Waals surface area contributed by atoms with Crippen molar-refractivity contribution in [2.75, 3.05) is 18.9 Å². The fourth-order valence-corrected chi connectivity index (χ4v) is 3.27. The summed E-state index contributed by atoms with van der Waals surface area (Å²) < 4.78 is 0.958. The van der Waals surface area contributed by atoms with Gasteiger partial charge in [-0.2, -0.15) is 0 Å². The molecule has 0 spiro atoms. The summed E-state index contributed by atoms with van der Waals surface area (Å²) in [5.74, 6) is 0.868. The third kappa shape index (κ3) is 5.82. The van der Waals surface area contributed by atoms with E-state index in [0.717, 1.165) is 28.9 Å². The molecule has 1 aromatic carbocycles. The van der Waals surface area contributed by atoms with Crippen LogP contribution in [0.4, 0.5) is 10.5 Å². The highest BCUT2D eigenvalue weighted by Crippen LogP contribution is 2.26. The number of hydrogen-bond acceptors (Lipinski definition) is 2. The standard InChI is InChI=1S/C18H26BrN3O2/c1-13-3-9-16(10-4-13)22(2)17(23)11-12-20-18(24)21-15-7-5-14(19)6-8-15/h5-8,13,16H,3-4,9-12H2,1-2H3,(H2,20,21,24). The van der Waals surface area contributed by atoms with E-state index >= 15 is 0 Å². The summed E-state index contributed by atoms with van der Waals surface area (Å²) >= 11 is 3.35. The minimum absolute atomic E-state index is 0.0958. The van der Waals surface area contributed by atoms with Crippen LogP contribution in [-0.4, -0.2) is 36.5 Å². The molecule has 0 saturated heterocycles. The van der Waals surface area contributed by atoms with Crippen LogP contribution in [0.2, 0.25) is 0 Å². The van der Waals surface area contributed by atoms with Crippen molar-refractivity contribution in [1.29, 1.82) is 0 Å². The van der Waals surface area contributed by atoms with Crippen molar-refractivity contribution in [3.05, 3.63) is 28.7 Å². The summed E-state index contributed by atoms with van der Waals surface area (Å²) in [5.41, 5.74) is 0.718. The van der Waals surface area contributed by atoms with Crippen molar-refractivity contribution in [3.8, 4) is 0 Å². The van der Waals surface area contributed by atoms with Gasteiger partial charge in [-0.1, -0.05) is 22.9 Å². The molecule has 132 valence electrons. The normalized spacial score (nSPS) is 20.3. The van der Waals surface area contributed by atoms with Crippen molar-refractivity contribution in [2.24, 2.45) is 5.92 Å². The highest BCUT2D eigenvalue weighted by atomic mass is 79.9. The van der Waals surface area contributed by atoms with E-state index in [-0.39, 0.29) is 11.9 Å². The zero-order chi connectivity index (χ0) is 17.5. The molecular weight excluding hydrogens is 370 g/mol. The second-order valence-corrected chi connectivity index (χ2v) is 7.47. The van der Waals surface area contributed by atoms with Crippen LogP contribution in [-0.2, 0) is 4.79 Å². The number of carbonyl (C=O) groups is 2. The molecule has 0 atom stereocenters. The molecule has 1 aromatic rings. The van der Waals surface area contributed by atoms with Crippen LogP contribution in [0, 0.1) is 5.92 Å². The van der Waals surface area contributed by atoms with Crippen molar-refractivity contribution < 1.29 is 9.59 Å². The average molecular weight is 396 g/mol.